The number of pyridine rings is 1. The van der Waals surface area contributed by atoms with Crippen molar-refractivity contribution in [1.29, 1.82) is 0 Å². The molecule has 1 fully saturated rings. The van der Waals surface area contributed by atoms with E-state index in [1.54, 1.807) is 0 Å². The Morgan fingerprint density at radius 2 is 1.40 bits per heavy atom. The third kappa shape index (κ3) is 6.07. The summed E-state index contributed by atoms with van der Waals surface area (Å²) in [5.74, 6) is 0. The van der Waals surface area contributed by atoms with E-state index in [1.165, 1.54) is 51.3 Å². The summed E-state index contributed by atoms with van der Waals surface area (Å²) in [5.41, 5.74) is 19.1. The number of halogens is 1. The van der Waals surface area contributed by atoms with Crippen LogP contribution in [0, 0.1) is 0 Å². The van der Waals surface area contributed by atoms with Crippen LogP contribution >= 0.6 is 12.4 Å². The van der Waals surface area contributed by atoms with Crippen LogP contribution in [0.4, 0.5) is 11.4 Å². The van der Waals surface area contributed by atoms with Crippen molar-refractivity contribution in [3.8, 4) is 11.3 Å². The highest BCUT2D eigenvalue weighted by molar-refractivity contribution is 6.10. The fourth-order valence-corrected chi connectivity index (χ4v) is 6.08. The van der Waals surface area contributed by atoms with Gasteiger partial charge in [0.1, 0.15) is 0 Å². The predicted octanol–water partition coefficient (Wildman–Crippen LogP) is 6.18. The number of aromatic nitrogens is 1. The Bertz CT molecular complexity index is 1560. The smallest absolute Gasteiger partial charge is 0.220 e. The summed E-state index contributed by atoms with van der Waals surface area (Å²) < 4.78 is 2.45. The molecule has 1 aliphatic rings. The molecule has 5 N–H and O–H groups in total. The summed E-state index contributed by atoms with van der Waals surface area (Å²) in [5, 5.41) is 7.44. The molecule has 2 heterocycles. The normalized spacial score (nSPS) is 14.4. The van der Waals surface area contributed by atoms with E-state index in [4.69, 9.17) is 11.5 Å². The monoisotopic (exact) mass is 552 g/mol. The standard InChI is InChI=1S/C34H37N5.ClH/c35-27-12-14-30-31-15-13-28(36)23-33(31)39(34(32(30)22-27)26-10-5-2-6-11-26)19-7-18-37-29-16-20-38(21-17-29)24-25-8-3-1-4-9-25;/h1-6,8-15,22-23,29,36-37H,7,16-21,24,35H2;1H/p+1. The first-order valence-electron chi connectivity index (χ1n) is 14.1. The van der Waals surface area contributed by atoms with Crippen LogP contribution < -0.4 is 21.4 Å². The van der Waals surface area contributed by atoms with Gasteiger partial charge in [-0.2, -0.15) is 4.57 Å². The van der Waals surface area contributed by atoms with Crippen molar-refractivity contribution >= 4 is 45.5 Å². The van der Waals surface area contributed by atoms with Crippen molar-refractivity contribution < 1.29 is 4.57 Å². The van der Waals surface area contributed by atoms with Gasteiger partial charge in [0, 0.05) is 53.9 Å². The molecule has 6 heteroatoms. The number of hydrogen-bond acceptors (Lipinski definition) is 4. The second-order valence-electron chi connectivity index (χ2n) is 10.8. The predicted molar refractivity (Wildman–Crippen MR) is 171 cm³/mol. The van der Waals surface area contributed by atoms with Crippen molar-refractivity contribution in [3.63, 3.8) is 0 Å². The Morgan fingerprint density at radius 1 is 0.750 bits per heavy atom. The van der Waals surface area contributed by atoms with E-state index in [0.717, 1.165) is 50.5 Å². The zero-order valence-corrected chi connectivity index (χ0v) is 23.7. The molecule has 40 heavy (non-hydrogen) atoms. The summed E-state index contributed by atoms with van der Waals surface area (Å²) >= 11 is 0. The average molecular weight is 553 g/mol. The van der Waals surface area contributed by atoms with Crippen LogP contribution in [0.1, 0.15) is 24.8 Å². The lowest BCUT2D eigenvalue weighted by Crippen LogP contribution is -2.44. The van der Waals surface area contributed by atoms with Gasteiger partial charge in [0.2, 0.25) is 11.2 Å². The maximum atomic E-state index is 6.31. The third-order valence-electron chi connectivity index (χ3n) is 8.05. The molecule has 5 aromatic rings. The van der Waals surface area contributed by atoms with Crippen LogP contribution in [-0.2, 0) is 13.1 Å². The third-order valence-corrected chi connectivity index (χ3v) is 8.05. The lowest BCUT2D eigenvalue weighted by atomic mass is 9.98. The SMILES string of the molecule is Cl.Nc1ccc2c(c1)c(-c1ccccc1)[n+](CCCNC1CCN(Cc3ccccc3)CC1)c1cc(N)ccc21. The van der Waals surface area contributed by atoms with E-state index in [0.29, 0.717) is 6.04 Å². The number of likely N-dealkylation sites (tertiary alicyclic amines) is 1. The van der Waals surface area contributed by atoms with Gasteiger partial charge in [-0.15, -0.1) is 12.4 Å². The first-order valence-corrected chi connectivity index (χ1v) is 14.1. The summed E-state index contributed by atoms with van der Waals surface area (Å²) in [6.45, 7) is 5.23. The van der Waals surface area contributed by atoms with E-state index < -0.39 is 0 Å². The van der Waals surface area contributed by atoms with Gasteiger partial charge in [0.15, 0.2) is 6.54 Å². The summed E-state index contributed by atoms with van der Waals surface area (Å²) in [7, 11) is 0. The number of anilines is 2. The van der Waals surface area contributed by atoms with E-state index in [9.17, 15) is 0 Å². The van der Waals surface area contributed by atoms with Gasteiger partial charge in [-0.1, -0.05) is 54.6 Å². The number of nitrogen functional groups attached to an aromatic ring is 2. The van der Waals surface area contributed by atoms with Crippen LogP contribution in [0.2, 0.25) is 0 Å². The molecule has 0 spiro atoms. The van der Waals surface area contributed by atoms with Gasteiger partial charge in [-0.25, -0.2) is 0 Å². The van der Waals surface area contributed by atoms with Crippen LogP contribution in [-0.4, -0.2) is 30.6 Å². The topological polar surface area (TPSA) is 71.2 Å². The first kappa shape index (κ1) is 27.9. The van der Waals surface area contributed by atoms with E-state index in [2.05, 4.69) is 99.7 Å². The van der Waals surface area contributed by atoms with Gasteiger partial charge >= 0.3 is 0 Å². The van der Waals surface area contributed by atoms with Crippen LogP contribution in [0.15, 0.2) is 97.1 Å². The van der Waals surface area contributed by atoms with Gasteiger partial charge in [-0.3, -0.25) is 4.90 Å². The van der Waals surface area contributed by atoms with Crippen molar-refractivity contribution in [2.45, 2.75) is 38.4 Å². The van der Waals surface area contributed by atoms with Crippen LogP contribution in [0.3, 0.4) is 0 Å². The fraction of sp³-hybridized carbons (Fsp3) is 0.265. The molecule has 1 aliphatic heterocycles. The van der Waals surface area contributed by atoms with Crippen LogP contribution in [0.25, 0.3) is 32.9 Å². The molecule has 1 saturated heterocycles. The maximum Gasteiger partial charge on any atom is 0.220 e. The minimum absolute atomic E-state index is 0. The zero-order chi connectivity index (χ0) is 26.6. The zero-order valence-electron chi connectivity index (χ0n) is 22.9. The number of hydrogen-bond donors (Lipinski definition) is 3. The minimum Gasteiger partial charge on any atom is -0.399 e. The molecule has 0 aliphatic carbocycles. The number of fused-ring (bicyclic) bond motifs is 3. The Kier molecular flexibility index (Phi) is 8.85. The number of nitrogens with two attached hydrogens (primary N) is 2. The quantitative estimate of drug-likeness (QED) is 0.0930. The van der Waals surface area contributed by atoms with Gasteiger partial charge < -0.3 is 16.8 Å². The molecule has 0 atom stereocenters. The van der Waals surface area contributed by atoms with E-state index >= 15 is 0 Å². The van der Waals surface area contributed by atoms with Crippen LogP contribution in [0.5, 0.6) is 0 Å². The fourth-order valence-electron chi connectivity index (χ4n) is 6.08. The number of benzene rings is 4. The maximum absolute atomic E-state index is 6.31. The molecular weight excluding hydrogens is 514 g/mol. The Labute approximate surface area is 243 Å². The summed E-state index contributed by atoms with van der Waals surface area (Å²) in [4.78, 5) is 2.58. The number of nitrogens with zero attached hydrogens (tertiary/aromatic N) is 2. The second kappa shape index (κ2) is 12.7. The molecule has 0 saturated carbocycles. The molecule has 5 nitrogen and oxygen atoms in total. The summed E-state index contributed by atoms with van der Waals surface area (Å²) in [6, 6.07) is 34.6. The van der Waals surface area contributed by atoms with E-state index in [1.807, 2.05) is 12.1 Å². The highest BCUT2D eigenvalue weighted by Crippen LogP contribution is 2.33. The van der Waals surface area contributed by atoms with Crippen molar-refractivity contribution in [2.24, 2.45) is 0 Å². The number of aryl methyl sites for hydroxylation is 1. The molecular formula is C34H39ClN5+. The second-order valence-corrected chi connectivity index (χ2v) is 10.8. The highest BCUT2D eigenvalue weighted by atomic mass is 35.5. The first-order chi connectivity index (χ1) is 19.2. The Balaban J connectivity index is 0.00000323. The largest absolute Gasteiger partial charge is 0.399 e. The lowest BCUT2D eigenvalue weighted by molar-refractivity contribution is -0.659. The summed E-state index contributed by atoms with van der Waals surface area (Å²) in [6.07, 6.45) is 3.43. The molecule has 0 amide bonds. The van der Waals surface area contributed by atoms with Crippen molar-refractivity contribution in [1.82, 2.24) is 10.2 Å². The molecule has 206 valence electrons. The van der Waals surface area contributed by atoms with E-state index in [-0.39, 0.29) is 12.4 Å². The number of rotatable bonds is 8. The molecule has 0 unspecified atom stereocenters. The van der Waals surface area contributed by atoms with Gasteiger partial charge in [-0.05, 0) is 67.9 Å². The number of piperidine rings is 1. The lowest BCUT2D eigenvalue weighted by Gasteiger charge is -2.32. The Morgan fingerprint density at radius 3 is 2.12 bits per heavy atom. The molecule has 0 radical (unpaired) electrons. The molecule has 0 bridgehead atoms. The van der Waals surface area contributed by atoms with Crippen molar-refractivity contribution in [3.05, 3.63) is 103 Å². The minimum atomic E-state index is 0. The molecule has 4 aromatic carbocycles. The van der Waals surface area contributed by atoms with Crippen molar-refractivity contribution in [2.75, 3.05) is 31.1 Å². The van der Waals surface area contributed by atoms with Gasteiger partial charge in [0.25, 0.3) is 0 Å². The average Bonchev–Trinajstić information content (AvgIpc) is 2.97. The molecule has 1 aromatic heterocycles. The number of nitrogens with one attached hydrogen (secondary N) is 1. The highest BCUT2D eigenvalue weighted by Gasteiger charge is 2.24. The van der Waals surface area contributed by atoms with Gasteiger partial charge in [0.05, 0.1) is 10.8 Å². The molecule has 6 rings (SSSR count). The Hall–Kier alpha value is -3.64.